The molecule has 2 aliphatic heterocycles. The molecule has 2 nitrogen and oxygen atoms in total. The van der Waals surface area contributed by atoms with Gasteiger partial charge in [-0.1, -0.05) is 213 Å². The third-order valence-corrected chi connectivity index (χ3v) is 17.0. The van der Waals surface area contributed by atoms with Gasteiger partial charge in [-0.2, -0.15) is 0 Å². The predicted molar refractivity (Wildman–Crippen MR) is 321 cm³/mol. The maximum absolute atomic E-state index is 2.71. The van der Waals surface area contributed by atoms with E-state index >= 15 is 0 Å². The molecule has 3 aliphatic rings. The SMILES string of the molecule is Cc1cc2c3c(c1)N(c1ccc(-c4ccccc4)cc1C)c1cc(C(c4ccc(C(C)(C)C)cc4)c4ccc(C(C)(C)C)cc4)ccc1B3N(c1ccc3c(c1)C(C)(C)c1ccccc1-3)c1cc3ccccc3cc1-2. The van der Waals surface area contributed by atoms with Gasteiger partial charge in [-0.05, 0) is 173 Å². The Kier molecular flexibility index (Phi) is 10.7. The van der Waals surface area contributed by atoms with Crippen molar-refractivity contribution in [3.05, 3.63) is 256 Å². The molecule has 1 aliphatic carbocycles. The molecule has 3 heteroatoms. The molecule has 0 fully saturated rings. The lowest BCUT2D eigenvalue weighted by Crippen LogP contribution is -2.61. The van der Waals surface area contributed by atoms with E-state index in [-0.39, 0.29) is 29.0 Å². The van der Waals surface area contributed by atoms with Crippen molar-refractivity contribution in [3.63, 3.8) is 0 Å². The second-order valence-corrected chi connectivity index (χ2v) is 24.3. The molecule has 75 heavy (non-hydrogen) atoms. The van der Waals surface area contributed by atoms with E-state index in [4.69, 9.17) is 0 Å². The van der Waals surface area contributed by atoms with Crippen molar-refractivity contribution in [2.24, 2.45) is 0 Å². The minimum absolute atomic E-state index is 0.00803. The van der Waals surface area contributed by atoms with Crippen LogP contribution in [0.4, 0.5) is 28.4 Å². The van der Waals surface area contributed by atoms with Gasteiger partial charge in [0.25, 0.3) is 0 Å². The predicted octanol–water partition coefficient (Wildman–Crippen LogP) is 17.9. The Bertz CT molecular complexity index is 3850. The van der Waals surface area contributed by atoms with E-state index in [0.29, 0.717) is 0 Å². The lowest BCUT2D eigenvalue weighted by molar-refractivity contribution is 0.589. The van der Waals surface area contributed by atoms with E-state index < -0.39 is 0 Å². The van der Waals surface area contributed by atoms with Crippen molar-refractivity contribution in [2.75, 3.05) is 9.71 Å². The fraction of sp³-hybridized carbons (Fsp3) is 0.194. The van der Waals surface area contributed by atoms with Gasteiger partial charge >= 0.3 is 6.85 Å². The smallest absolute Gasteiger partial charge is 0.333 e. The molecule has 0 amide bonds. The first kappa shape index (κ1) is 46.9. The third kappa shape index (κ3) is 7.60. The number of anilines is 5. The van der Waals surface area contributed by atoms with Gasteiger partial charge < -0.3 is 9.71 Å². The molecular weight excluding hydrogens is 904 g/mol. The van der Waals surface area contributed by atoms with Crippen molar-refractivity contribution < 1.29 is 0 Å². The zero-order chi connectivity index (χ0) is 51.7. The van der Waals surface area contributed by atoms with Crippen LogP contribution in [-0.2, 0) is 16.2 Å². The number of fused-ring (bicyclic) bond motifs is 8. The zero-order valence-electron chi connectivity index (χ0n) is 45.2. The number of hydrogen-bond donors (Lipinski definition) is 0. The maximum Gasteiger partial charge on any atom is 0.333 e. The lowest BCUT2D eigenvalue weighted by atomic mass is 9.43. The Balaban J connectivity index is 1.09. The standard InChI is InChI=1S/C72H65BN2/c1-45-38-60-59-41-50-20-14-15-21-51(50)42-65(59)75(56-34-35-58-57-22-16-17-23-61(57)72(9,10)62(58)44-56)73-63-36-28-53(68(48-24-30-54(31-25-48)70(3,4)5)49-26-32-55(33-27-49)71(6,7)8)43-66(63)74(67(39-45)69(60)73)64-37-29-52(40-46(64)2)47-18-12-11-13-19-47/h11-44,68H,1-10H3. The summed E-state index contributed by atoms with van der Waals surface area (Å²) in [4.78, 5) is 5.33. The molecule has 10 aromatic carbocycles. The van der Waals surface area contributed by atoms with Gasteiger partial charge in [0.15, 0.2) is 0 Å². The Morgan fingerprint density at radius 2 is 1.04 bits per heavy atom. The Labute approximate surface area is 445 Å². The Morgan fingerprint density at radius 3 is 1.71 bits per heavy atom. The summed E-state index contributed by atoms with van der Waals surface area (Å²) in [5, 5.41) is 2.49. The van der Waals surface area contributed by atoms with Crippen LogP contribution < -0.4 is 20.6 Å². The van der Waals surface area contributed by atoms with Crippen molar-refractivity contribution in [1.29, 1.82) is 0 Å². The van der Waals surface area contributed by atoms with Gasteiger partial charge in [0.05, 0.1) is 0 Å². The van der Waals surface area contributed by atoms with E-state index in [1.165, 1.54) is 134 Å². The molecule has 366 valence electrons. The summed E-state index contributed by atoms with van der Waals surface area (Å²) in [6, 6.07) is 79.4. The number of benzene rings is 10. The molecule has 2 heterocycles. The highest BCUT2D eigenvalue weighted by atomic mass is 15.2. The van der Waals surface area contributed by atoms with Crippen molar-refractivity contribution >= 4 is 57.0 Å². The highest BCUT2D eigenvalue weighted by molar-refractivity contribution is 6.93. The quantitative estimate of drug-likeness (QED) is 0.121. The van der Waals surface area contributed by atoms with Crippen molar-refractivity contribution in [1.82, 2.24) is 0 Å². The van der Waals surface area contributed by atoms with Crippen molar-refractivity contribution in [2.45, 2.75) is 91.4 Å². The molecule has 0 saturated carbocycles. The molecule has 13 rings (SSSR count). The van der Waals surface area contributed by atoms with Crippen LogP contribution in [0.3, 0.4) is 0 Å². The van der Waals surface area contributed by atoms with Crippen LogP contribution >= 0.6 is 0 Å². The fourth-order valence-electron chi connectivity index (χ4n) is 13.0. The highest BCUT2D eigenvalue weighted by Crippen LogP contribution is 2.53. The minimum atomic E-state index is -0.158. The molecule has 0 unspecified atom stereocenters. The Morgan fingerprint density at radius 1 is 0.427 bits per heavy atom. The second kappa shape index (κ2) is 17.1. The molecule has 0 bridgehead atoms. The van der Waals surface area contributed by atoms with Gasteiger partial charge in [0.2, 0.25) is 0 Å². The second-order valence-electron chi connectivity index (χ2n) is 24.3. The summed E-state index contributed by atoms with van der Waals surface area (Å²) in [7, 11) is 0. The molecule has 0 spiro atoms. The first-order valence-corrected chi connectivity index (χ1v) is 27.1. The number of hydrogen-bond acceptors (Lipinski definition) is 2. The number of aryl methyl sites for hydroxylation is 2. The minimum Gasteiger partial charge on any atom is -0.376 e. The summed E-state index contributed by atoms with van der Waals surface area (Å²) < 4.78 is 0. The van der Waals surface area contributed by atoms with Crippen LogP contribution in [0, 0.1) is 13.8 Å². The van der Waals surface area contributed by atoms with E-state index in [2.05, 4.69) is 285 Å². The van der Waals surface area contributed by atoms with Crippen LogP contribution in [-0.4, -0.2) is 6.85 Å². The third-order valence-electron chi connectivity index (χ3n) is 17.0. The van der Waals surface area contributed by atoms with Gasteiger partial charge in [-0.25, -0.2) is 0 Å². The van der Waals surface area contributed by atoms with Gasteiger partial charge in [-0.15, -0.1) is 0 Å². The maximum atomic E-state index is 2.71. The molecule has 0 radical (unpaired) electrons. The van der Waals surface area contributed by atoms with E-state index in [9.17, 15) is 0 Å². The monoisotopic (exact) mass is 969 g/mol. The van der Waals surface area contributed by atoms with Gasteiger partial charge in [-0.3, -0.25) is 0 Å². The molecule has 0 N–H and O–H groups in total. The Hall–Kier alpha value is -7.88. The first-order chi connectivity index (χ1) is 36.0. The van der Waals surface area contributed by atoms with Crippen LogP contribution in [0.2, 0.25) is 0 Å². The fourth-order valence-corrected chi connectivity index (χ4v) is 13.0. The first-order valence-electron chi connectivity index (χ1n) is 27.1. The van der Waals surface area contributed by atoms with Crippen molar-refractivity contribution in [3.8, 4) is 33.4 Å². The average Bonchev–Trinajstić information content (AvgIpc) is 3.67. The largest absolute Gasteiger partial charge is 0.376 e. The summed E-state index contributed by atoms with van der Waals surface area (Å²) >= 11 is 0. The van der Waals surface area contributed by atoms with E-state index in [1.807, 2.05) is 0 Å². The normalized spacial score (nSPS) is 14.1. The van der Waals surface area contributed by atoms with Gasteiger partial charge in [0.1, 0.15) is 0 Å². The zero-order valence-corrected chi connectivity index (χ0v) is 45.2. The molecule has 0 aromatic heterocycles. The summed E-state index contributed by atoms with van der Waals surface area (Å²) in [6.07, 6.45) is 0. The van der Waals surface area contributed by atoms with Crippen LogP contribution in [0.15, 0.2) is 206 Å². The van der Waals surface area contributed by atoms with Crippen LogP contribution in [0.1, 0.15) is 111 Å². The van der Waals surface area contributed by atoms with Crippen LogP contribution in [0.5, 0.6) is 0 Å². The van der Waals surface area contributed by atoms with E-state index in [0.717, 1.165) is 0 Å². The summed E-state index contributed by atoms with van der Waals surface area (Å²) in [5.74, 6) is -0.00803. The molecular formula is C72H65BN2. The highest BCUT2D eigenvalue weighted by Gasteiger charge is 2.46. The molecule has 0 atom stereocenters. The topological polar surface area (TPSA) is 6.48 Å². The lowest BCUT2D eigenvalue weighted by Gasteiger charge is -2.46. The van der Waals surface area contributed by atoms with E-state index in [1.54, 1.807) is 0 Å². The van der Waals surface area contributed by atoms with Gasteiger partial charge in [0, 0.05) is 45.3 Å². The number of rotatable bonds is 6. The summed E-state index contributed by atoms with van der Waals surface area (Å²) in [6.45, 7) is 23.1. The average molecular weight is 969 g/mol. The molecule has 0 saturated heterocycles. The number of nitrogens with zero attached hydrogens (tertiary/aromatic N) is 2. The van der Waals surface area contributed by atoms with Crippen LogP contribution in [0.25, 0.3) is 44.2 Å². The molecule has 10 aromatic rings. The summed E-state index contributed by atoms with van der Waals surface area (Å²) in [5.41, 5.74) is 28.1.